The molecule has 2 unspecified atom stereocenters. The fourth-order valence-corrected chi connectivity index (χ4v) is 4.49. The van der Waals surface area contributed by atoms with Crippen LogP contribution in [-0.2, 0) is 0 Å². The maximum absolute atomic E-state index is 12.9. The summed E-state index contributed by atoms with van der Waals surface area (Å²) in [6, 6.07) is 0. The second kappa shape index (κ2) is 5.04. The Hall–Kier alpha value is -1.45. The number of rotatable bonds is 0. The first-order valence-corrected chi connectivity index (χ1v) is 8.18. The molecule has 1 saturated carbocycles. The smallest absolute Gasteiger partial charge is 0.367 e. The molecule has 0 N–H and O–H groups in total. The lowest BCUT2D eigenvalue weighted by atomic mass is 9.67. The Bertz CT molecular complexity index is 606. The molecular formula is C18H20F3N. The summed E-state index contributed by atoms with van der Waals surface area (Å²) in [5, 5.41) is 0. The maximum atomic E-state index is 12.9. The lowest BCUT2D eigenvalue weighted by Gasteiger charge is -2.46. The van der Waals surface area contributed by atoms with Crippen molar-refractivity contribution in [2.75, 3.05) is 13.1 Å². The molecule has 118 valence electrons. The zero-order valence-corrected chi connectivity index (χ0v) is 12.5. The largest absolute Gasteiger partial charge is 0.414 e. The van der Waals surface area contributed by atoms with Gasteiger partial charge in [0.05, 0.1) is 5.57 Å². The zero-order chi connectivity index (χ0) is 15.3. The van der Waals surface area contributed by atoms with Crippen LogP contribution in [0.4, 0.5) is 13.2 Å². The molecule has 4 rings (SSSR count). The lowest BCUT2D eigenvalue weighted by molar-refractivity contribution is -0.0957. The molecule has 0 spiro atoms. The molecule has 2 atom stereocenters. The van der Waals surface area contributed by atoms with Gasteiger partial charge in [-0.15, -0.1) is 0 Å². The summed E-state index contributed by atoms with van der Waals surface area (Å²) in [6.07, 6.45) is 9.15. The van der Waals surface area contributed by atoms with Crippen LogP contribution in [-0.4, -0.2) is 24.2 Å². The van der Waals surface area contributed by atoms with E-state index in [1.807, 2.05) is 4.90 Å². The standard InChI is InChI=1S/C18H20F3N/c19-18(20,21)13-6-8-17-16-7-5-12-3-1-2-4-14(12)15(16)9-10-22(17)11-13/h5-8,14-15H,1-4,9-11H2. The molecule has 2 aliphatic heterocycles. The highest BCUT2D eigenvalue weighted by Gasteiger charge is 2.41. The monoisotopic (exact) mass is 307 g/mol. The Balaban J connectivity index is 1.69. The van der Waals surface area contributed by atoms with Gasteiger partial charge >= 0.3 is 6.18 Å². The first kappa shape index (κ1) is 14.2. The quantitative estimate of drug-likeness (QED) is 0.624. The number of allylic oxidation sites excluding steroid dienone is 6. The minimum Gasteiger partial charge on any atom is -0.367 e. The average molecular weight is 307 g/mol. The number of piperidine rings is 1. The SMILES string of the molecule is FC(F)(F)C1=CC=C2C3=CC=C4CCCCC4C3CCN2C1. The minimum absolute atomic E-state index is 0.000626. The van der Waals surface area contributed by atoms with Gasteiger partial charge in [0, 0.05) is 18.8 Å². The highest BCUT2D eigenvalue weighted by atomic mass is 19.4. The van der Waals surface area contributed by atoms with Crippen molar-refractivity contribution in [3.8, 4) is 0 Å². The molecule has 0 aromatic carbocycles. The van der Waals surface area contributed by atoms with Crippen molar-refractivity contribution in [2.24, 2.45) is 11.8 Å². The summed E-state index contributed by atoms with van der Waals surface area (Å²) < 4.78 is 38.7. The molecule has 0 radical (unpaired) electrons. The molecule has 0 aromatic rings. The topological polar surface area (TPSA) is 3.24 Å². The van der Waals surface area contributed by atoms with Crippen LogP contribution in [0.3, 0.4) is 0 Å². The third kappa shape index (κ3) is 2.24. The van der Waals surface area contributed by atoms with E-state index in [1.165, 1.54) is 37.3 Å². The fraction of sp³-hybridized carbons (Fsp3) is 0.556. The van der Waals surface area contributed by atoms with Crippen molar-refractivity contribution in [3.63, 3.8) is 0 Å². The molecule has 22 heavy (non-hydrogen) atoms. The minimum atomic E-state index is -4.21. The summed E-state index contributed by atoms with van der Waals surface area (Å²) in [5.74, 6) is 1.15. The Kier molecular flexibility index (Phi) is 3.24. The molecule has 4 aliphatic rings. The highest BCUT2D eigenvalue weighted by Crippen LogP contribution is 2.48. The van der Waals surface area contributed by atoms with Gasteiger partial charge in [-0.05, 0) is 49.2 Å². The Morgan fingerprint density at radius 1 is 0.955 bits per heavy atom. The molecule has 0 amide bonds. The molecule has 2 fully saturated rings. The number of halogens is 3. The molecule has 1 saturated heterocycles. The summed E-state index contributed by atoms with van der Waals surface area (Å²) in [4.78, 5) is 1.91. The average Bonchev–Trinajstić information content (AvgIpc) is 2.52. The lowest BCUT2D eigenvalue weighted by Crippen LogP contribution is -2.41. The number of alkyl halides is 3. The van der Waals surface area contributed by atoms with Crippen LogP contribution in [0, 0.1) is 11.8 Å². The van der Waals surface area contributed by atoms with E-state index in [1.54, 1.807) is 11.6 Å². The van der Waals surface area contributed by atoms with Gasteiger partial charge in [0.2, 0.25) is 0 Å². The van der Waals surface area contributed by atoms with Gasteiger partial charge in [-0.3, -0.25) is 0 Å². The predicted molar refractivity (Wildman–Crippen MR) is 80.0 cm³/mol. The van der Waals surface area contributed by atoms with Gasteiger partial charge in [0.15, 0.2) is 0 Å². The van der Waals surface area contributed by atoms with E-state index in [4.69, 9.17) is 0 Å². The van der Waals surface area contributed by atoms with Crippen LogP contribution in [0.2, 0.25) is 0 Å². The number of hydrogen-bond acceptors (Lipinski definition) is 1. The van der Waals surface area contributed by atoms with Gasteiger partial charge in [-0.1, -0.05) is 30.2 Å². The third-order valence-electron chi connectivity index (χ3n) is 5.58. The van der Waals surface area contributed by atoms with Gasteiger partial charge < -0.3 is 4.90 Å². The van der Waals surface area contributed by atoms with Crippen molar-refractivity contribution in [1.82, 2.24) is 4.90 Å². The first-order valence-electron chi connectivity index (χ1n) is 8.18. The first-order chi connectivity index (χ1) is 10.5. The molecule has 2 aliphatic carbocycles. The third-order valence-corrected chi connectivity index (χ3v) is 5.58. The van der Waals surface area contributed by atoms with Crippen LogP contribution in [0.25, 0.3) is 0 Å². The van der Waals surface area contributed by atoms with E-state index in [-0.39, 0.29) is 6.54 Å². The molecular weight excluding hydrogens is 287 g/mol. The van der Waals surface area contributed by atoms with Gasteiger partial charge in [0.1, 0.15) is 0 Å². The summed E-state index contributed by atoms with van der Waals surface area (Å²) in [7, 11) is 0. The second-order valence-corrected chi connectivity index (χ2v) is 6.77. The summed E-state index contributed by atoms with van der Waals surface area (Å²) >= 11 is 0. The molecule has 0 aromatic heterocycles. The fourth-order valence-electron chi connectivity index (χ4n) is 4.49. The second-order valence-electron chi connectivity index (χ2n) is 6.77. The summed E-state index contributed by atoms with van der Waals surface area (Å²) in [6.45, 7) is 0.742. The van der Waals surface area contributed by atoms with Gasteiger partial charge in [-0.25, -0.2) is 0 Å². The Morgan fingerprint density at radius 2 is 1.82 bits per heavy atom. The number of fused-ring (bicyclic) bond motifs is 5. The maximum Gasteiger partial charge on any atom is 0.414 e. The van der Waals surface area contributed by atoms with Gasteiger partial charge in [-0.2, -0.15) is 13.2 Å². The van der Waals surface area contributed by atoms with Crippen molar-refractivity contribution >= 4 is 0 Å². The highest BCUT2D eigenvalue weighted by molar-refractivity contribution is 5.47. The Morgan fingerprint density at radius 3 is 2.64 bits per heavy atom. The van der Waals surface area contributed by atoms with E-state index in [2.05, 4.69) is 12.2 Å². The van der Waals surface area contributed by atoms with E-state index >= 15 is 0 Å². The number of nitrogens with zero attached hydrogens (tertiary/aromatic N) is 1. The molecule has 1 nitrogen and oxygen atoms in total. The van der Waals surface area contributed by atoms with E-state index < -0.39 is 11.7 Å². The van der Waals surface area contributed by atoms with Crippen LogP contribution >= 0.6 is 0 Å². The van der Waals surface area contributed by atoms with E-state index in [9.17, 15) is 13.2 Å². The van der Waals surface area contributed by atoms with Crippen molar-refractivity contribution in [2.45, 2.75) is 38.3 Å². The van der Waals surface area contributed by atoms with Crippen LogP contribution < -0.4 is 0 Å². The van der Waals surface area contributed by atoms with Crippen LogP contribution in [0.1, 0.15) is 32.1 Å². The molecule has 4 heteroatoms. The normalized spacial score (nSPS) is 31.1. The predicted octanol–water partition coefficient (Wildman–Crippen LogP) is 4.75. The molecule has 2 heterocycles. The Labute approximate surface area is 128 Å². The van der Waals surface area contributed by atoms with Crippen molar-refractivity contribution in [3.05, 3.63) is 46.7 Å². The van der Waals surface area contributed by atoms with E-state index in [0.717, 1.165) is 18.7 Å². The van der Waals surface area contributed by atoms with Crippen molar-refractivity contribution in [1.29, 1.82) is 0 Å². The van der Waals surface area contributed by atoms with Crippen molar-refractivity contribution < 1.29 is 13.2 Å². The summed E-state index contributed by atoms with van der Waals surface area (Å²) in [5.41, 5.74) is 3.42. The van der Waals surface area contributed by atoms with E-state index in [0.29, 0.717) is 11.8 Å². The van der Waals surface area contributed by atoms with Crippen LogP contribution in [0.15, 0.2) is 46.7 Å². The number of hydrogen-bond donors (Lipinski definition) is 0. The molecule has 0 bridgehead atoms. The van der Waals surface area contributed by atoms with Gasteiger partial charge in [0.25, 0.3) is 0 Å². The van der Waals surface area contributed by atoms with Crippen LogP contribution in [0.5, 0.6) is 0 Å². The zero-order valence-electron chi connectivity index (χ0n) is 12.5.